The molecule has 0 aromatic carbocycles. The number of esters is 1. The molecule has 1 heterocycles. The Hall–Kier alpha value is -0.800. The van der Waals surface area contributed by atoms with Crippen molar-refractivity contribution in [2.45, 2.75) is 0 Å². The van der Waals surface area contributed by atoms with Crippen molar-refractivity contribution in [3.8, 4) is 0 Å². The Morgan fingerprint density at radius 1 is 1.77 bits per heavy atom. The van der Waals surface area contributed by atoms with Crippen LogP contribution in [0, 0.1) is 0 Å². The average molecular weight is 217 g/mol. The Balaban J connectivity index is 2.89. The molecule has 0 unspecified atom stereocenters. The maximum Gasteiger partial charge on any atom is 0.348 e. The third-order valence-electron chi connectivity index (χ3n) is 1.45. The SMILES string of the molecule is COC(=O)c1sccc1C=CCCl. The number of alkyl halides is 1. The van der Waals surface area contributed by atoms with E-state index in [1.807, 2.05) is 17.5 Å². The summed E-state index contributed by atoms with van der Waals surface area (Å²) in [6.45, 7) is 0. The first kappa shape index (κ1) is 10.3. The van der Waals surface area contributed by atoms with Crippen LogP contribution in [0.2, 0.25) is 0 Å². The first-order valence-corrected chi connectivity index (χ1v) is 5.09. The summed E-state index contributed by atoms with van der Waals surface area (Å²) in [4.78, 5) is 11.8. The molecule has 0 saturated heterocycles. The van der Waals surface area contributed by atoms with E-state index in [9.17, 15) is 4.79 Å². The lowest BCUT2D eigenvalue weighted by atomic mass is 10.2. The molecule has 0 radical (unpaired) electrons. The lowest BCUT2D eigenvalue weighted by molar-refractivity contribution is 0.0606. The van der Waals surface area contributed by atoms with Gasteiger partial charge < -0.3 is 4.74 Å². The monoisotopic (exact) mass is 216 g/mol. The van der Waals surface area contributed by atoms with E-state index in [0.717, 1.165) is 5.56 Å². The van der Waals surface area contributed by atoms with Crippen LogP contribution in [0.4, 0.5) is 0 Å². The lowest BCUT2D eigenvalue weighted by Gasteiger charge is -1.95. The Morgan fingerprint density at radius 3 is 3.15 bits per heavy atom. The highest BCUT2D eigenvalue weighted by Gasteiger charge is 2.10. The molecule has 0 amide bonds. The number of hydrogen-bond donors (Lipinski definition) is 0. The summed E-state index contributed by atoms with van der Waals surface area (Å²) in [5, 5.41) is 1.85. The number of ether oxygens (including phenoxy) is 1. The molecule has 0 saturated carbocycles. The van der Waals surface area contributed by atoms with Crippen LogP contribution in [0.3, 0.4) is 0 Å². The van der Waals surface area contributed by atoms with Crippen LogP contribution < -0.4 is 0 Å². The van der Waals surface area contributed by atoms with Gasteiger partial charge in [0.25, 0.3) is 0 Å². The number of thiophene rings is 1. The topological polar surface area (TPSA) is 26.3 Å². The van der Waals surface area contributed by atoms with Crippen LogP contribution in [0.5, 0.6) is 0 Å². The van der Waals surface area contributed by atoms with Crippen LogP contribution in [-0.2, 0) is 4.74 Å². The van der Waals surface area contributed by atoms with Gasteiger partial charge in [-0.2, -0.15) is 0 Å². The second-order valence-corrected chi connectivity index (χ2v) is 3.48. The highest BCUT2D eigenvalue weighted by atomic mass is 35.5. The van der Waals surface area contributed by atoms with Crippen molar-refractivity contribution >= 4 is 35.0 Å². The van der Waals surface area contributed by atoms with Crippen molar-refractivity contribution in [2.24, 2.45) is 0 Å². The molecule has 0 fully saturated rings. The molecule has 0 aliphatic heterocycles. The van der Waals surface area contributed by atoms with E-state index in [4.69, 9.17) is 11.6 Å². The van der Waals surface area contributed by atoms with E-state index < -0.39 is 0 Å². The molecule has 0 aliphatic carbocycles. The summed E-state index contributed by atoms with van der Waals surface area (Å²) >= 11 is 6.85. The Kier molecular flexibility index (Phi) is 3.99. The number of halogens is 1. The predicted octanol–water partition coefficient (Wildman–Crippen LogP) is 2.79. The second-order valence-electron chi connectivity index (χ2n) is 2.25. The van der Waals surface area contributed by atoms with Gasteiger partial charge in [0.2, 0.25) is 0 Å². The van der Waals surface area contributed by atoms with Gasteiger partial charge in [0.1, 0.15) is 4.88 Å². The Morgan fingerprint density at radius 2 is 2.54 bits per heavy atom. The molecule has 0 atom stereocenters. The van der Waals surface area contributed by atoms with Gasteiger partial charge >= 0.3 is 5.97 Å². The maximum absolute atomic E-state index is 11.2. The largest absolute Gasteiger partial charge is 0.465 e. The van der Waals surface area contributed by atoms with E-state index >= 15 is 0 Å². The summed E-state index contributed by atoms with van der Waals surface area (Å²) in [5.74, 6) is 0.139. The van der Waals surface area contributed by atoms with Crippen LogP contribution in [-0.4, -0.2) is 19.0 Å². The third kappa shape index (κ3) is 2.57. The van der Waals surface area contributed by atoms with E-state index in [-0.39, 0.29) is 5.97 Å². The van der Waals surface area contributed by atoms with Gasteiger partial charge in [-0.1, -0.05) is 12.2 Å². The predicted molar refractivity (Wildman–Crippen MR) is 55.4 cm³/mol. The Labute approximate surface area is 85.8 Å². The molecule has 4 heteroatoms. The maximum atomic E-state index is 11.2. The first-order chi connectivity index (χ1) is 6.29. The van der Waals surface area contributed by atoms with Crippen LogP contribution in [0.15, 0.2) is 17.5 Å². The highest BCUT2D eigenvalue weighted by molar-refractivity contribution is 7.12. The fourth-order valence-corrected chi connectivity index (χ4v) is 1.77. The molecule has 1 rings (SSSR count). The minimum absolute atomic E-state index is 0.302. The molecular formula is C9H9ClO2S. The summed E-state index contributed by atoms with van der Waals surface area (Å²) in [6.07, 6.45) is 3.60. The molecule has 0 spiro atoms. The van der Waals surface area contributed by atoms with Crippen molar-refractivity contribution in [3.63, 3.8) is 0 Å². The fourth-order valence-electron chi connectivity index (χ4n) is 0.881. The molecule has 13 heavy (non-hydrogen) atoms. The average Bonchev–Trinajstić information content (AvgIpc) is 2.61. The van der Waals surface area contributed by atoms with Gasteiger partial charge in [-0.15, -0.1) is 22.9 Å². The molecule has 2 nitrogen and oxygen atoms in total. The third-order valence-corrected chi connectivity index (χ3v) is 2.54. The van der Waals surface area contributed by atoms with E-state index in [0.29, 0.717) is 10.8 Å². The van der Waals surface area contributed by atoms with Crippen LogP contribution in [0.1, 0.15) is 15.2 Å². The number of carbonyl (C=O) groups excluding carboxylic acids is 1. The molecule has 0 N–H and O–H groups in total. The lowest BCUT2D eigenvalue weighted by Crippen LogP contribution is -1.99. The molecular weight excluding hydrogens is 208 g/mol. The quantitative estimate of drug-likeness (QED) is 0.574. The van der Waals surface area contributed by atoms with Gasteiger partial charge in [-0.25, -0.2) is 4.79 Å². The zero-order valence-electron chi connectivity index (χ0n) is 7.12. The van der Waals surface area contributed by atoms with Gasteiger partial charge in [-0.05, 0) is 17.0 Å². The van der Waals surface area contributed by atoms with E-state index in [2.05, 4.69) is 4.74 Å². The summed E-state index contributed by atoms with van der Waals surface area (Å²) in [7, 11) is 1.37. The van der Waals surface area contributed by atoms with E-state index in [1.165, 1.54) is 18.4 Å². The number of carbonyl (C=O) groups is 1. The van der Waals surface area contributed by atoms with E-state index in [1.54, 1.807) is 6.08 Å². The summed E-state index contributed by atoms with van der Waals surface area (Å²) in [5.41, 5.74) is 0.859. The van der Waals surface area contributed by atoms with Gasteiger partial charge in [0, 0.05) is 5.88 Å². The van der Waals surface area contributed by atoms with Gasteiger partial charge in [-0.3, -0.25) is 0 Å². The fraction of sp³-hybridized carbons (Fsp3) is 0.222. The number of allylic oxidation sites excluding steroid dienone is 1. The molecule has 1 aromatic rings. The van der Waals surface area contributed by atoms with Gasteiger partial charge in [0.15, 0.2) is 0 Å². The minimum Gasteiger partial charge on any atom is -0.465 e. The van der Waals surface area contributed by atoms with Crippen molar-refractivity contribution in [2.75, 3.05) is 13.0 Å². The zero-order valence-corrected chi connectivity index (χ0v) is 8.69. The smallest absolute Gasteiger partial charge is 0.348 e. The molecule has 0 aliphatic rings. The number of hydrogen-bond acceptors (Lipinski definition) is 3. The van der Waals surface area contributed by atoms with Crippen molar-refractivity contribution in [1.29, 1.82) is 0 Å². The Bertz CT molecular complexity index is 317. The standard InChI is InChI=1S/C9H9ClO2S/c1-12-9(11)8-7(3-2-5-10)4-6-13-8/h2-4,6H,5H2,1H3. The normalized spacial score (nSPS) is 10.6. The first-order valence-electron chi connectivity index (χ1n) is 3.68. The number of rotatable bonds is 3. The summed E-state index contributed by atoms with van der Waals surface area (Å²) < 4.78 is 4.62. The van der Waals surface area contributed by atoms with Crippen LogP contribution >= 0.6 is 22.9 Å². The van der Waals surface area contributed by atoms with Crippen molar-refractivity contribution < 1.29 is 9.53 Å². The summed E-state index contributed by atoms with van der Waals surface area (Å²) in [6, 6.07) is 1.86. The second kappa shape index (κ2) is 5.04. The van der Waals surface area contributed by atoms with Crippen LogP contribution in [0.25, 0.3) is 6.08 Å². The molecule has 1 aromatic heterocycles. The van der Waals surface area contributed by atoms with Crippen molar-refractivity contribution in [1.82, 2.24) is 0 Å². The highest BCUT2D eigenvalue weighted by Crippen LogP contribution is 2.19. The minimum atomic E-state index is -0.302. The number of methoxy groups -OCH3 is 1. The zero-order chi connectivity index (χ0) is 9.68. The van der Waals surface area contributed by atoms with Gasteiger partial charge in [0.05, 0.1) is 7.11 Å². The van der Waals surface area contributed by atoms with Crippen molar-refractivity contribution in [3.05, 3.63) is 28.0 Å². The molecule has 0 bridgehead atoms. The molecule has 70 valence electrons.